The van der Waals surface area contributed by atoms with Crippen LogP contribution in [-0.4, -0.2) is 20.6 Å². The lowest BCUT2D eigenvalue weighted by molar-refractivity contribution is -0.160. The average molecular weight is 333 g/mol. The van der Waals surface area contributed by atoms with Gasteiger partial charge in [-0.1, -0.05) is 29.8 Å². The maximum Gasteiger partial charge on any atom is 0.405 e. The molecule has 0 spiro atoms. The van der Waals surface area contributed by atoms with Gasteiger partial charge in [-0.3, -0.25) is 0 Å². The monoisotopic (exact) mass is 333 g/mol. The van der Waals surface area contributed by atoms with E-state index in [4.69, 9.17) is 0 Å². The van der Waals surface area contributed by atoms with Gasteiger partial charge in [-0.25, -0.2) is 8.42 Å². The van der Waals surface area contributed by atoms with E-state index in [-0.39, 0.29) is 4.90 Å². The second kappa shape index (κ2) is 6.42. The summed E-state index contributed by atoms with van der Waals surface area (Å²) in [5.41, 5.74) is 0.835. The van der Waals surface area contributed by atoms with Gasteiger partial charge in [0.1, 0.15) is 6.04 Å². The van der Waals surface area contributed by atoms with E-state index < -0.39 is 28.2 Å². The van der Waals surface area contributed by atoms with Gasteiger partial charge in [0, 0.05) is 5.92 Å². The highest BCUT2D eigenvalue weighted by atomic mass is 32.2. The number of halogens is 3. The van der Waals surface area contributed by atoms with Crippen molar-refractivity contribution in [2.45, 2.75) is 43.3 Å². The SMILES string of the molecule is Cc1ccc(S(=O)(=O)N[C@@H]([C@@H]2C=CCCC2)C(F)(F)F)cc1. The van der Waals surface area contributed by atoms with Gasteiger partial charge in [-0.2, -0.15) is 17.9 Å². The van der Waals surface area contributed by atoms with Crippen molar-refractivity contribution in [2.24, 2.45) is 5.92 Å². The van der Waals surface area contributed by atoms with Crippen molar-refractivity contribution in [2.75, 3.05) is 0 Å². The molecular weight excluding hydrogens is 315 g/mol. The highest BCUT2D eigenvalue weighted by molar-refractivity contribution is 7.89. The summed E-state index contributed by atoms with van der Waals surface area (Å²) in [7, 11) is -4.21. The maximum absolute atomic E-state index is 13.3. The molecule has 0 fully saturated rings. The number of hydrogen-bond acceptors (Lipinski definition) is 2. The Bertz CT molecular complexity index is 636. The molecule has 0 aromatic heterocycles. The Morgan fingerprint density at radius 3 is 2.36 bits per heavy atom. The Morgan fingerprint density at radius 1 is 1.23 bits per heavy atom. The lowest BCUT2D eigenvalue weighted by Gasteiger charge is -2.29. The van der Waals surface area contributed by atoms with E-state index in [0.29, 0.717) is 12.8 Å². The first-order chi connectivity index (χ1) is 10.2. The zero-order valence-corrected chi connectivity index (χ0v) is 12.9. The predicted molar refractivity (Wildman–Crippen MR) is 77.8 cm³/mol. The normalized spacial score (nSPS) is 20.8. The average Bonchev–Trinajstić information content (AvgIpc) is 2.45. The van der Waals surface area contributed by atoms with E-state index >= 15 is 0 Å². The Hall–Kier alpha value is -1.34. The molecule has 22 heavy (non-hydrogen) atoms. The minimum atomic E-state index is -4.63. The zero-order valence-electron chi connectivity index (χ0n) is 12.1. The molecule has 0 amide bonds. The molecule has 2 rings (SSSR count). The van der Waals surface area contributed by atoms with Gasteiger partial charge >= 0.3 is 6.18 Å². The Labute approximate surface area is 128 Å². The summed E-state index contributed by atoms with van der Waals surface area (Å²) in [6.07, 6.45) is 0.166. The van der Waals surface area contributed by atoms with Gasteiger partial charge in [0.25, 0.3) is 0 Å². The van der Waals surface area contributed by atoms with Gasteiger partial charge in [0.2, 0.25) is 10.0 Å². The minimum absolute atomic E-state index is 0.160. The molecule has 0 unspecified atom stereocenters. The van der Waals surface area contributed by atoms with E-state index in [1.165, 1.54) is 18.2 Å². The summed E-state index contributed by atoms with van der Waals surface area (Å²) in [4.78, 5) is -0.160. The summed E-state index contributed by atoms with van der Waals surface area (Å²) in [5.74, 6) is -0.867. The molecule has 0 saturated carbocycles. The molecule has 122 valence electrons. The van der Waals surface area contributed by atoms with E-state index in [0.717, 1.165) is 12.0 Å². The van der Waals surface area contributed by atoms with Crippen LogP contribution in [0.2, 0.25) is 0 Å². The molecule has 0 radical (unpaired) electrons. The third-order valence-corrected chi connectivity index (χ3v) is 5.14. The van der Waals surface area contributed by atoms with Crippen molar-refractivity contribution in [3.8, 4) is 0 Å². The maximum atomic E-state index is 13.3. The van der Waals surface area contributed by atoms with E-state index in [2.05, 4.69) is 0 Å². The molecule has 7 heteroatoms. The first-order valence-electron chi connectivity index (χ1n) is 7.02. The molecular formula is C15H18F3NO2S. The number of rotatable bonds is 4. The molecule has 1 N–H and O–H groups in total. The van der Waals surface area contributed by atoms with Crippen molar-refractivity contribution >= 4 is 10.0 Å². The number of hydrogen-bond donors (Lipinski definition) is 1. The van der Waals surface area contributed by atoms with Crippen LogP contribution in [0.3, 0.4) is 0 Å². The van der Waals surface area contributed by atoms with Crippen LogP contribution in [-0.2, 0) is 10.0 Å². The number of allylic oxidation sites excluding steroid dienone is 1. The molecule has 3 nitrogen and oxygen atoms in total. The van der Waals surface area contributed by atoms with Crippen molar-refractivity contribution in [3.63, 3.8) is 0 Å². The summed E-state index contributed by atoms with van der Waals surface area (Å²) in [6, 6.07) is 3.62. The van der Waals surface area contributed by atoms with Gasteiger partial charge in [0.05, 0.1) is 4.90 Å². The molecule has 0 saturated heterocycles. The summed E-state index contributed by atoms with van der Waals surface area (Å²) in [5, 5.41) is 0. The number of aryl methyl sites for hydroxylation is 1. The van der Waals surface area contributed by atoms with Crippen molar-refractivity contribution < 1.29 is 21.6 Å². The lowest BCUT2D eigenvalue weighted by atomic mass is 9.89. The van der Waals surface area contributed by atoms with Gasteiger partial charge in [-0.05, 0) is 38.3 Å². The van der Waals surface area contributed by atoms with Crippen molar-refractivity contribution in [1.29, 1.82) is 0 Å². The number of sulfonamides is 1. The molecule has 1 aromatic rings. The van der Waals surface area contributed by atoms with Gasteiger partial charge in [-0.15, -0.1) is 0 Å². The van der Waals surface area contributed by atoms with E-state index in [1.54, 1.807) is 25.1 Å². The topological polar surface area (TPSA) is 46.2 Å². The fourth-order valence-electron chi connectivity index (χ4n) is 2.47. The first-order valence-corrected chi connectivity index (χ1v) is 8.51. The summed E-state index contributed by atoms with van der Waals surface area (Å²) in [6.45, 7) is 1.77. The standard InChI is InChI=1S/C15H18F3NO2S/c1-11-7-9-13(10-8-11)22(20,21)19-14(15(16,17)18)12-5-3-2-4-6-12/h3,5,7-10,12,14,19H,2,4,6H2,1H3/t12-,14+/m1/s1. The smallest absolute Gasteiger partial charge is 0.207 e. The molecule has 2 atom stereocenters. The number of benzene rings is 1. The van der Waals surface area contributed by atoms with Crippen molar-refractivity contribution in [1.82, 2.24) is 4.72 Å². The molecule has 1 aliphatic carbocycles. The van der Waals surface area contributed by atoms with Gasteiger partial charge in [0.15, 0.2) is 0 Å². The zero-order chi connectivity index (χ0) is 16.4. The summed E-state index contributed by atoms with van der Waals surface area (Å²) < 4.78 is 66.0. The fraction of sp³-hybridized carbons (Fsp3) is 0.467. The summed E-state index contributed by atoms with van der Waals surface area (Å²) >= 11 is 0. The fourth-order valence-corrected chi connectivity index (χ4v) is 3.74. The lowest BCUT2D eigenvalue weighted by Crippen LogP contribution is -2.49. The highest BCUT2D eigenvalue weighted by Gasteiger charge is 2.46. The van der Waals surface area contributed by atoms with E-state index in [9.17, 15) is 21.6 Å². The van der Waals surface area contributed by atoms with Crippen molar-refractivity contribution in [3.05, 3.63) is 42.0 Å². The molecule has 0 heterocycles. The number of alkyl halides is 3. The highest BCUT2D eigenvalue weighted by Crippen LogP contribution is 2.32. The Morgan fingerprint density at radius 2 is 1.86 bits per heavy atom. The van der Waals surface area contributed by atoms with Crippen LogP contribution in [0.1, 0.15) is 24.8 Å². The third-order valence-electron chi connectivity index (χ3n) is 3.69. The van der Waals surface area contributed by atoms with Crippen LogP contribution in [0.25, 0.3) is 0 Å². The quantitative estimate of drug-likeness (QED) is 0.857. The molecule has 0 bridgehead atoms. The Balaban J connectivity index is 2.28. The van der Waals surface area contributed by atoms with Crippen LogP contribution >= 0.6 is 0 Å². The van der Waals surface area contributed by atoms with E-state index in [1.807, 2.05) is 4.72 Å². The van der Waals surface area contributed by atoms with Crippen LogP contribution in [0.15, 0.2) is 41.3 Å². The van der Waals surface area contributed by atoms with Crippen LogP contribution < -0.4 is 4.72 Å². The second-order valence-electron chi connectivity index (χ2n) is 5.48. The molecule has 0 aliphatic heterocycles. The third kappa shape index (κ3) is 4.10. The molecule has 1 aliphatic rings. The van der Waals surface area contributed by atoms with Crippen LogP contribution in [0.5, 0.6) is 0 Å². The van der Waals surface area contributed by atoms with Gasteiger partial charge < -0.3 is 0 Å². The van der Waals surface area contributed by atoms with Crippen LogP contribution in [0, 0.1) is 12.8 Å². The molecule has 1 aromatic carbocycles. The first kappa shape index (κ1) is 17.0. The van der Waals surface area contributed by atoms with Crippen LogP contribution in [0.4, 0.5) is 13.2 Å². The number of nitrogens with one attached hydrogen (secondary N) is 1. The largest absolute Gasteiger partial charge is 0.405 e. The Kier molecular flexibility index (Phi) is 4.97. The minimum Gasteiger partial charge on any atom is -0.207 e. The predicted octanol–water partition coefficient (Wildman–Crippen LogP) is 3.56. The second-order valence-corrected chi connectivity index (χ2v) is 7.19.